The van der Waals surface area contributed by atoms with Crippen molar-refractivity contribution in [3.8, 4) is 6.07 Å². The molecule has 0 heterocycles. The second-order valence-electron chi connectivity index (χ2n) is 3.01. The fraction of sp³-hybridized carbons (Fsp3) is 0.714. The van der Waals surface area contributed by atoms with Crippen molar-refractivity contribution in [2.24, 2.45) is 0 Å². The van der Waals surface area contributed by atoms with Crippen LogP contribution in [0.3, 0.4) is 0 Å². The molecule has 0 spiro atoms. The summed E-state index contributed by atoms with van der Waals surface area (Å²) in [5, 5.41) is 8.30. The Hall–Kier alpha value is -0.823. The molecule has 62 valence electrons. The largest absolute Gasteiger partial charge is 0.520 e. The van der Waals surface area contributed by atoms with E-state index in [4.69, 9.17) is 9.69 Å². The minimum Gasteiger partial charge on any atom is -0.520 e. The molecule has 0 saturated carbocycles. The van der Waals surface area contributed by atoms with Crippen LogP contribution in [0.15, 0.2) is 0 Å². The molecule has 0 aromatic rings. The molecule has 0 bridgehead atoms. The average Bonchev–Trinajstić information content (AvgIpc) is 1.81. The van der Waals surface area contributed by atoms with Gasteiger partial charge in [-0.05, 0) is 19.1 Å². The van der Waals surface area contributed by atoms with Crippen LogP contribution in [0.25, 0.3) is 0 Å². The third-order valence-electron chi connectivity index (χ3n) is 1.26. The number of nitrogens with zero attached hydrogens (tertiary/aromatic N) is 1. The summed E-state index contributed by atoms with van der Waals surface area (Å²) in [6.45, 7) is 5.28. The number of carbonyl (C=O) groups excluding carboxylic acids is 1. The van der Waals surface area contributed by atoms with Gasteiger partial charge in [0.25, 0.3) is 5.97 Å². The summed E-state index contributed by atoms with van der Waals surface area (Å²) in [4.78, 5) is 10.6. The van der Waals surface area contributed by atoms with Gasteiger partial charge in [0.05, 0.1) is 6.07 Å². The van der Waals surface area contributed by atoms with Crippen LogP contribution >= 0.6 is 0 Å². The monoisotopic (exact) mass is 171 g/mol. The molecule has 4 heteroatoms. The second kappa shape index (κ2) is 4.14. The van der Waals surface area contributed by atoms with Crippen LogP contribution in [-0.4, -0.2) is 14.3 Å². The number of rotatable bonds is 3. The van der Waals surface area contributed by atoms with Crippen molar-refractivity contribution in [2.75, 3.05) is 0 Å². The third-order valence-corrected chi connectivity index (χ3v) is 3.55. The van der Waals surface area contributed by atoms with Crippen molar-refractivity contribution < 1.29 is 9.22 Å². The molecule has 0 unspecified atom stereocenters. The van der Waals surface area contributed by atoms with Crippen molar-refractivity contribution in [3.05, 3.63) is 0 Å². The molecule has 0 fully saturated rings. The van der Waals surface area contributed by atoms with E-state index in [-0.39, 0.29) is 5.97 Å². The summed E-state index contributed by atoms with van der Waals surface area (Å²) in [6.07, 6.45) is 0.479. The van der Waals surface area contributed by atoms with Crippen LogP contribution < -0.4 is 0 Å². The van der Waals surface area contributed by atoms with E-state index < -0.39 is 8.32 Å². The van der Waals surface area contributed by atoms with E-state index in [1.807, 2.05) is 19.2 Å². The van der Waals surface area contributed by atoms with Crippen LogP contribution in [0.2, 0.25) is 19.1 Å². The molecule has 0 amide bonds. The fourth-order valence-electron chi connectivity index (χ4n) is 0.797. The zero-order chi connectivity index (χ0) is 8.91. The molecule has 3 nitrogen and oxygen atoms in total. The van der Waals surface area contributed by atoms with E-state index in [1.54, 1.807) is 0 Å². The van der Waals surface area contributed by atoms with Crippen LogP contribution in [0, 0.1) is 11.3 Å². The molecule has 0 atom stereocenters. The summed E-state index contributed by atoms with van der Waals surface area (Å²) >= 11 is 0. The van der Waals surface area contributed by atoms with Crippen LogP contribution in [0.4, 0.5) is 0 Å². The van der Waals surface area contributed by atoms with E-state index in [1.165, 1.54) is 6.92 Å². The Morgan fingerprint density at radius 1 is 1.64 bits per heavy atom. The first-order valence-corrected chi connectivity index (χ1v) is 6.66. The second-order valence-corrected chi connectivity index (χ2v) is 7.23. The molecular formula is C7H13NO2Si. The summed E-state index contributed by atoms with van der Waals surface area (Å²) in [5.41, 5.74) is 0. The maximum Gasteiger partial charge on any atom is 0.289 e. The molecule has 0 aliphatic carbocycles. The lowest BCUT2D eigenvalue weighted by atomic mass is 10.6. The Morgan fingerprint density at radius 2 is 2.18 bits per heavy atom. The van der Waals surface area contributed by atoms with Crippen molar-refractivity contribution in [2.45, 2.75) is 32.5 Å². The van der Waals surface area contributed by atoms with Crippen LogP contribution in [0.5, 0.6) is 0 Å². The van der Waals surface area contributed by atoms with E-state index in [2.05, 4.69) is 0 Å². The number of carbonyl (C=O) groups is 1. The van der Waals surface area contributed by atoms with E-state index >= 15 is 0 Å². The predicted octanol–water partition coefficient (Wildman–Crippen LogP) is 1.67. The molecule has 11 heavy (non-hydrogen) atoms. The highest BCUT2D eigenvalue weighted by Crippen LogP contribution is 2.12. The molecule has 0 radical (unpaired) electrons. The SMILES string of the molecule is CC(=O)O[Si](C)(C)CCC#N. The maximum atomic E-state index is 10.6. The van der Waals surface area contributed by atoms with Gasteiger partial charge in [0.15, 0.2) is 0 Å². The zero-order valence-electron chi connectivity index (χ0n) is 7.18. The highest BCUT2D eigenvalue weighted by atomic mass is 28.4. The van der Waals surface area contributed by atoms with Crippen molar-refractivity contribution in [1.82, 2.24) is 0 Å². The molecule has 0 aromatic heterocycles. The Morgan fingerprint density at radius 3 is 2.55 bits per heavy atom. The van der Waals surface area contributed by atoms with E-state index in [0.717, 1.165) is 6.04 Å². The van der Waals surface area contributed by atoms with Gasteiger partial charge in [0, 0.05) is 13.3 Å². The Bertz CT molecular complexity index is 183. The summed E-state index contributed by atoms with van der Waals surface area (Å²) in [5.74, 6) is -0.236. The lowest BCUT2D eigenvalue weighted by Gasteiger charge is -2.19. The molecule has 0 saturated heterocycles. The lowest BCUT2D eigenvalue weighted by molar-refractivity contribution is -0.132. The first kappa shape index (κ1) is 10.2. The quantitative estimate of drug-likeness (QED) is 0.607. The Balaban J connectivity index is 3.81. The predicted molar refractivity (Wildman–Crippen MR) is 44.3 cm³/mol. The topological polar surface area (TPSA) is 50.1 Å². The number of nitriles is 1. The molecule has 0 aliphatic rings. The number of hydrogen-bond donors (Lipinski definition) is 0. The first-order valence-electron chi connectivity index (χ1n) is 3.54. The first-order chi connectivity index (χ1) is 4.98. The number of hydrogen-bond acceptors (Lipinski definition) is 3. The van der Waals surface area contributed by atoms with Gasteiger partial charge in [-0.2, -0.15) is 5.26 Å². The Kier molecular flexibility index (Phi) is 3.83. The van der Waals surface area contributed by atoms with Crippen molar-refractivity contribution in [1.29, 1.82) is 5.26 Å². The summed E-state index contributed by atoms with van der Waals surface area (Å²) in [7, 11) is -1.86. The maximum absolute atomic E-state index is 10.6. The lowest BCUT2D eigenvalue weighted by Crippen LogP contribution is -2.31. The molecule has 0 aliphatic heterocycles. The van der Waals surface area contributed by atoms with Crippen LogP contribution in [-0.2, 0) is 9.22 Å². The molecule has 0 rings (SSSR count). The van der Waals surface area contributed by atoms with Gasteiger partial charge in [-0.25, -0.2) is 0 Å². The highest BCUT2D eigenvalue weighted by Gasteiger charge is 2.24. The summed E-state index contributed by atoms with van der Waals surface area (Å²) < 4.78 is 5.09. The van der Waals surface area contributed by atoms with Crippen LogP contribution in [0.1, 0.15) is 13.3 Å². The van der Waals surface area contributed by atoms with Gasteiger partial charge in [0.1, 0.15) is 0 Å². The van der Waals surface area contributed by atoms with Gasteiger partial charge in [-0.3, -0.25) is 4.79 Å². The van der Waals surface area contributed by atoms with Gasteiger partial charge < -0.3 is 4.43 Å². The minimum absolute atomic E-state index is 0.236. The Labute approximate surface area is 68.1 Å². The van der Waals surface area contributed by atoms with Gasteiger partial charge in [-0.15, -0.1) is 0 Å². The van der Waals surface area contributed by atoms with Gasteiger partial charge >= 0.3 is 0 Å². The normalized spacial score (nSPS) is 10.4. The molecular weight excluding hydrogens is 158 g/mol. The van der Waals surface area contributed by atoms with Gasteiger partial charge in [0.2, 0.25) is 8.32 Å². The minimum atomic E-state index is -1.86. The summed E-state index contributed by atoms with van der Waals surface area (Å²) in [6, 6.07) is 2.77. The molecule has 0 aromatic carbocycles. The molecule has 0 N–H and O–H groups in total. The third kappa shape index (κ3) is 5.61. The average molecular weight is 171 g/mol. The van der Waals surface area contributed by atoms with Crippen molar-refractivity contribution in [3.63, 3.8) is 0 Å². The van der Waals surface area contributed by atoms with Gasteiger partial charge in [-0.1, -0.05) is 0 Å². The highest BCUT2D eigenvalue weighted by molar-refractivity contribution is 6.72. The zero-order valence-corrected chi connectivity index (χ0v) is 8.18. The van der Waals surface area contributed by atoms with Crippen molar-refractivity contribution >= 4 is 14.3 Å². The standard InChI is InChI=1S/C7H13NO2Si/c1-7(9)10-11(2,3)6-4-5-8/h4,6H2,1-3H3. The smallest absolute Gasteiger partial charge is 0.289 e. The van der Waals surface area contributed by atoms with E-state index in [9.17, 15) is 4.79 Å². The fourth-order valence-corrected chi connectivity index (χ4v) is 2.39. The van der Waals surface area contributed by atoms with E-state index in [0.29, 0.717) is 6.42 Å².